The summed E-state index contributed by atoms with van der Waals surface area (Å²) in [6.07, 6.45) is 7.23. The first-order valence-electron chi connectivity index (χ1n) is 26.8. The smallest absolute Gasteiger partial charge is 0.337 e. The molecule has 0 saturated heterocycles. The molecule has 0 saturated carbocycles. The summed E-state index contributed by atoms with van der Waals surface area (Å²) in [5.41, 5.74) is 7.57. The predicted octanol–water partition coefficient (Wildman–Crippen LogP) is 8.97. The number of amides is 2. The molecule has 0 aromatic heterocycles. The van der Waals surface area contributed by atoms with Crippen molar-refractivity contribution in [2.24, 2.45) is 0 Å². The molecule has 0 spiro atoms. The SMILES string of the molecule is O=C(O)c1ccc(C(=O)O)c(-c2c3ccc(=O)cc-3oc3c(CNC(=O)c4ccc(CNC(=O)c5cc(Cl)c(C6=c7cc8c9c(c7Oc7c6cc6c%10c7CCCN%10CCC6)CCC[N+]=9CCC8)c(C(=O)O)c5Cl)cc4)c(O)ccc23)c1. The molecule has 406 valence electrons. The summed E-state index contributed by atoms with van der Waals surface area (Å²) < 4.78 is 15.8. The third-order valence-corrected chi connectivity index (χ3v) is 17.1. The molecule has 0 fully saturated rings. The van der Waals surface area contributed by atoms with Gasteiger partial charge in [0.2, 0.25) is 5.36 Å². The van der Waals surface area contributed by atoms with Gasteiger partial charge < -0.3 is 45.1 Å². The highest BCUT2D eigenvalue weighted by molar-refractivity contribution is 6.40. The number of aromatic carboxylic acids is 3. The zero-order valence-corrected chi connectivity index (χ0v) is 44.8. The minimum atomic E-state index is -1.35. The number of aromatic hydroxyl groups is 1. The van der Waals surface area contributed by atoms with E-state index in [0.717, 1.165) is 99.5 Å². The number of halogens is 2. The molecular formula is C63H49Cl2N4O12+. The Hall–Kier alpha value is -8.99. The number of hydrogen-bond donors (Lipinski definition) is 6. The maximum absolute atomic E-state index is 14.2. The van der Waals surface area contributed by atoms with Gasteiger partial charge in [-0.3, -0.25) is 14.4 Å². The monoisotopic (exact) mass is 1120 g/mol. The van der Waals surface area contributed by atoms with Crippen LogP contribution in [-0.2, 0) is 38.8 Å². The van der Waals surface area contributed by atoms with Gasteiger partial charge in [-0.2, -0.15) is 0 Å². The second-order valence-corrected chi connectivity index (χ2v) is 21.9. The Balaban J connectivity index is 0.795. The van der Waals surface area contributed by atoms with Crippen molar-refractivity contribution in [3.8, 4) is 39.7 Å². The van der Waals surface area contributed by atoms with Crippen molar-refractivity contribution in [2.45, 2.75) is 64.5 Å². The first-order chi connectivity index (χ1) is 39.1. The number of aryl methyl sites for hydroxylation is 2. The molecule has 6 aromatic rings. The molecule has 6 N–H and O–H groups in total. The Kier molecular flexibility index (Phi) is 12.7. The predicted molar refractivity (Wildman–Crippen MR) is 303 cm³/mol. The topological polar surface area (TPSA) is 236 Å². The van der Waals surface area contributed by atoms with E-state index in [-0.39, 0.29) is 95.7 Å². The maximum atomic E-state index is 14.2. The van der Waals surface area contributed by atoms with Crippen LogP contribution >= 0.6 is 23.2 Å². The normalized spacial score (nSPS) is 14.8. The number of carbonyl (C=O) groups is 5. The highest BCUT2D eigenvalue weighted by Crippen LogP contribution is 2.51. The van der Waals surface area contributed by atoms with Crippen molar-refractivity contribution in [1.82, 2.24) is 15.2 Å². The summed E-state index contributed by atoms with van der Waals surface area (Å²) in [6, 6.07) is 22.3. The number of carbonyl (C=O) groups excluding carboxylic acids is 2. The summed E-state index contributed by atoms with van der Waals surface area (Å²) in [6.45, 7) is 3.49. The minimum Gasteiger partial charge on any atom is -0.507 e. The van der Waals surface area contributed by atoms with E-state index in [4.69, 9.17) is 32.4 Å². The Morgan fingerprint density at radius 3 is 2.14 bits per heavy atom. The van der Waals surface area contributed by atoms with Gasteiger partial charge in [0.05, 0.1) is 50.0 Å². The summed E-state index contributed by atoms with van der Waals surface area (Å²) in [5, 5.41) is 49.9. The molecule has 18 heteroatoms. The number of rotatable bonds is 11. The molecule has 2 amide bonds. The number of phenols is 1. The van der Waals surface area contributed by atoms with Crippen LogP contribution in [0.15, 0.2) is 100 Å². The van der Waals surface area contributed by atoms with Gasteiger partial charge in [-0.25, -0.2) is 19.0 Å². The van der Waals surface area contributed by atoms with E-state index in [9.17, 15) is 49.2 Å². The molecule has 81 heavy (non-hydrogen) atoms. The Bertz CT molecular complexity index is 4320. The summed E-state index contributed by atoms with van der Waals surface area (Å²) in [7, 11) is 0. The summed E-state index contributed by atoms with van der Waals surface area (Å²) in [4.78, 5) is 81.1. The van der Waals surface area contributed by atoms with Gasteiger partial charge >= 0.3 is 17.9 Å². The van der Waals surface area contributed by atoms with E-state index in [1.165, 1.54) is 88.9 Å². The average Bonchev–Trinajstić information content (AvgIpc) is 3.66. The third kappa shape index (κ3) is 8.63. The molecule has 0 bridgehead atoms. The molecule has 0 atom stereocenters. The molecule has 7 aliphatic rings. The van der Waals surface area contributed by atoms with E-state index in [1.54, 1.807) is 12.1 Å². The summed E-state index contributed by atoms with van der Waals surface area (Å²) >= 11 is 14.5. The second-order valence-electron chi connectivity index (χ2n) is 21.1. The zero-order valence-electron chi connectivity index (χ0n) is 43.3. The Morgan fingerprint density at radius 1 is 0.642 bits per heavy atom. The third-order valence-electron chi connectivity index (χ3n) is 16.4. The molecule has 0 radical (unpaired) electrons. The number of hydrogen-bond acceptors (Lipinski definition) is 10. The van der Waals surface area contributed by atoms with Gasteiger partial charge in [-0.05, 0) is 128 Å². The Labute approximate surface area is 471 Å². The quantitative estimate of drug-likeness (QED) is 0.0525. The van der Waals surface area contributed by atoms with Gasteiger partial charge in [0.25, 0.3) is 11.8 Å². The van der Waals surface area contributed by atoms with Crippen LogP contribution in [0.1, 0.15) is 122 Å². The average molecular weight is 1130 g/mol. The van der Waals surface area contributed by atoms with Crippen molar-refractivity contribution < 1.29 is 53.6 Å². The van der Waals surface area contributed by atoms with Crippen LogP contribution < -0.4 is 40.9 Å². The van der Waals surface area contributed by atoms with Gasteiger partial charge in [-0.1, -0.05) is 35.3 Å². The van der Waals surface area contributed by atoms with Crippen molar-refractivity contribution >= 4 is 75.2 Å². The number of carboxylic acid groups (broad SMARTS) is 3. The van der Waals surface area contributed by atoms with E-state index >= 15 is 0 Å². The van der Waals surface area contributed by atoms with Crippen LogP contribution in [0, 0.1) is 0 Å². The number of anilines is 1. The second kappa shape index (κ2) is 20.0. The first kappa shape index (κ1) is 51.4. The van der Waals surface area contributed by atoms with Crippen molar-refractivity contribution in [3.63, 3.8) is 0 Å². The molecule has 13 rings (SSSR count). The van der Waals surface area contributed by atoms with E-state index in [2.05, 4.69) is 32.2 Å². The lowest BCUT2D eigenvalue weighted by Gasteiger charge is -2.39. The van der Waals surface area contributed by atoms with Crippen LogP contribution in [0.3, 0.4) is 0 Å². The van der Waals surface area contributed by atoms with Gasteiger partial charge in [0.15, 0.2) is 5.43 Å². The zero-order chi connectivity index (χ0) is 56.1. The molecular weight excluding hydrogens is 1080 g/mol. The van der Waals surface area contributed by atoms with Gasteiger partial charge in [0.1, 0.15) is 41.7 Å². The molecule has 6 aromatic carbocycles. The molecule has 16 nitrogen and oxygen atoms in total. The van der Waals surface area contributed by atoms with E-state index < -0.39 is 35.2 Å². The maximum Gasteiger partial charge on any atom is 0.337 e. The molecule has 6 heterocycles. The van der Waals surface area contributed by atoms with Crippen LogP contribution in [0.5, 0.6) is 17.2 Å². The number of ether oxygens (including phenoxy) is 1. The van der Waals surface area contributed by atoms with E-state index in [0.29, 0.717) is 28.2 Å². The lowest BCUT2D eigenvalue weighted by Crippen LogP contribution is -2.45. The van der Waals surface area contributed by atoms with E-state index in [1.807, 2.05) is 0 Å². The largest absolute Gasteiger partial charge is 0.507 e. The fourth-order valence-corrected chi connectivity index (χ4v) is 13.5. The number of nitrogens with one attached hydrogen (secondary N) is 2. The van der Waals surface area contributed by atoms with Crippen LogP contribution in [0.2, 0.25) is 10.0 Å². The molecule has 1 aliphatic carbocycles. The molecule has 6 aliphatic heterocycles. The van der Waals surface area contributed by atoms with Crippen LogP contribution in [0.25, 0.3) is 39.0 Å². The standard InChI is InChI=1S/C63H48Cl2N4O12/c64-46-27-44(53(65)52(63(78)79)51(46)50-42-23-32-5-1-19-68-21-3-7-39(54(32)68)57(42)81-58-40-8-4-22-69-20-2-6-33(55(40)69)24-43(50)58)60(73)66-28-30-9-11-31(12-10-30)59(72)67-29-45-47(71)18-17-38-49(37-16-14-35(70)26-48(37)80-56(38)45)41-25-34(61(74)75)13-15-36(41)62(76)77/h9-18,23-27H,1-8,19-22,28-29H2,(H5-,66,67,70,71,72,73,74,75,76,77,78,79)/p+1. The summed E-state index contributed by atoms with van der Waals surface area (Å²) in [5.74, 6) is -4.06. The fraction of sp³-hybridized carbons (Fsp3) is 0.222. The minimum absolute atomic E-state index is 0.00861. The van der Waals surface area contributed by atoms with Crippen molar-refractivity contribution in [3.05, 3.63) is 194 Å². The number of nitrogens with zero attached hydrogens (tertiary/aromatic N) is 2. The van der Waals surface area contributed by atoms with Gasteiger partial charge in [-0.15, -0.1) is 0 Å². The lowest BCUT2D eigenvalue weighted by molar-refractivity contribution is 0.0682. The van der Waals surface area contributed by atoms with Crippen molar-refractivity contribution in [1.29, 1.82) is 0 Å². The van der Waals surface area contributed by atoms with Gasteiger partial charge in [0, 0.05) is 99.4 Å². The number of benzene rings is 7. The Morgan fingerprint density at radius 2 is 1.37 bits per heavy atom. The number of fused-ring (bicyclic) bond motifs is 6. The van der Waals surface area contributed by atoms with Crippen LogP contribution in [-0.4, -0.2) is 76.3 Å². The highest BCUT2D eigenvalue weighted by atomic mass is 35.5. The van der Waals surface area contributed by atoms with Crippen molar-refractivity contribution in [2.75, 3.05) is 31.1 Å². The highest BCUT2D eigenvalue weighted by Gasteiger charge is 2.38. The molecule has 0 unspecified atom stereocenters. The fourth-order valence-electron chi connectivity index (χ4n) is 12.9. The van der Waals surface area contributed by atoms with Crippen LogP contribution in [0.4, 0.5) is 5.69 Å². The number of phenolic OH excluding ortho intramolecular Hbond substituents is 1. The number of carboxylic acids is 3. The first-order valence-corrected chi connectivity index (χ1v) is 27.6. The lowest BCUT2D eigenvalue weighted by atomic mass is 9.81.